The van der Waals surface area contributed by atoms with Gasteiger partial charge in [-0.25, -0.2) is 0 Å². The van der Waals surface area contributed by atoms with Crippen molar-refractivity contribution in [3.05, 3.63) is 60.2 Å². The second-order valence-corrected chi connectivity index (χ2v) is 7.46. The molecule has 0 aliphatic rings. The summed E-state index contributed by atoms with van der Waals surface area (Å²) in [5.74, 6) is 0. The van der Waals surface area contributed by atoms with E-state index in [9.17, 15) is 4.57 Å². The van der Waals surface area contributed by atoms with E-state index in [1.807, 2.05) is 38.1 Å². The Labute approximate surface area is 136 Å². The van der Waals surface area contributed by atoms with Gasteiger partial charge < -0.3 is 9.05 Å². The standard InChI is InChI=1S/C19H21O3P/c1-3-21-23(20,22-4-2)14-16-13-15-9-5-6-10-17(15)19-12-8-7-11-18(16)19/h5-13H,3-4,14H2,1-2H3. The van der Waals surface area contributed by atoms with Crippen LogP contribution in [-0.2, 0) is 19.8 Å². The molecule has 0 bridgehead atoms. The van der Waals surface area contributed by atoms with Crippen LogP contribution in [0.3, 0.4) is 0 Å². The lowest BCUT2D eigenvalue weighted by Crippen LogP contribution is -2.00. The van der Waals surface area contributed by atoms with Crippen LogP contribution in [0.15, 0.2) is 54.6 Å². The Hall–Kier alpha value is -1.67. The van der Waals surface area contributed by atoms with E-state index in [2.05, 4.69) is 30.3 Å². The number of hydrogen-bond acceptors (Lipinski definition) is 3. The SMILES string of the molecule is CCOP(=O)(Cc1cc2ccccc2c2ccccc12)OCC. The molecular formula is C19H21O3P. The van der Waals surface area contributed by atoms with Crippen molar-refractivity contribution in [3.8, 4) is 0 Å². The largest absolute Gasteiger partial charge is 0.335 e. The molecule has 0 amide bonds. The number of fused-ring (bicyclic) bond motifs is 3. The molecule has 3 aromatic carbocycles. The molecule has 0 saturated carbocycles. The maximum atomic E-state index is 12.9. The topological polar surface area (TPSA) is 35.5 Å². The highest BCUT2D eigenvalue weighted by atomic mass is 31.2. The molecule has 0 atom stereocenters. The van der Waals surface area contributed by atoms with Crippen molar-refractivity contribution in [2.24, 2.45) is 0 Å². The first-order valence-corrected chi connectivity index (χ1v) is 9.67. The Balaban J connectivity index is 2.17. The molecule has 0 saturated heterocycles. The normalized spacial score (nSPS) is 12.1. The van der Waals surface area contributed by atoms with Gasteiger partial charge in [-0.2, -0.15) is 0 Å². The quantitative estimate of drug-likeness (QED) is 0.426. The van der Waals surface area contributed by atoms with Crippen molar-refractivity contribution in [2.45, 2.75) is 20.0 Å². The van der Waals surface area contributed by atoms with Crippen LogP contribution in [0.1, 0.15) is 19.4 Å². The highest BCUT2D eigenvalue weighted by Crippen LogP contribution is 2.52. The van der Waals surface area contributed by atoms with Crippen molar-refractivity contribution < 1.29 is 13.6 Å². The Kier molecular flexibility index (Phi) is 4.82. The van der Waals surface area contributed by atoms with E-state index in [1.165, 1.54) is 10.8 Å². The third-order valence-electron chi connectivity index (χ3n) is 3.87. The van der Waals surface area contributed by atoms with Crippen LogP contribution in [0, 0.1) is 0 Å². The summed E-state index contributed by atoms with van der Waals surface area (Å²) >= 11 is 0. The summed E-state index contributed by atoms with van der Waals surface area (Å²) in [4.78, 5) is 0. The Bertz CT molecular complexity index is 863. The van der Waals surface area contributed by atoms with Gasteiger partial charge in [0.05, 0.1) is 19.4 Å². The zero-order valence-corrected chi connectivity index (χ0v) is 14.4. The van der Waals surface area contributed by atoms with Gasteiger partial charge in [-0.05, 0) is 47.0 Å². The van der Waals surface area contributed by atoms with E-state index in [1.54, 1.807) is 0 Å². The molecule has 0 unspecified atom stereocenters. The highest BCUT2D eigenvalue weighted by Gasteiger charge is 2.25. The number of hydrogen-bond donors (Lipinski definition) is 0. The van der Waals surface area contributed by atoms with Gasteiger partial charge in [0.1, 0.15) is 0 Å². The minimum Gasteiger partial charge on any atom is -0.309 e. The zero-order chi connectivity index (χ0) is 16.3. The summed E-state index contributed by atoms with van der Waals surface area (Å²) in [6.45, 7) is 4.43. The summed E-state index contributed by atoms with van der Waals surface area (Å²) in [7, 11) is -3.12. The molecule has 0 radical (unpaired) electrons. The van der Waals surface area contributed by atoms with Crippen molar-refractivity contribution in [1.82, 2.24) is 0 Å². The van der Waals surface area contributed by atoms with E-state index < -0.39 is 7.60 Å². The molecule has 0 fully saturated rings. The van der Waals surface area contributed by atoms with Crippen LogP contribution >= 0.6 is 7.60 Å². The lowest BCUT2D eigenvalue weighted by atomic mass is 9.98. The van der Waals surface area contributed by atoms with Crippen LogP contribution in [0.4, 0.5) is 0 Å². The third kappa shape index (κ3) is 3.32. The Morgan fingerprint density at radius 2 is 1.39 bits per heavy atom. The van der Waals surface area contributed by atoms with Gasteiger partial charge in [0.15, 0.2) is 0 Å². The lowest BCUT2D eigenvalue weighted by Gasteiger charge is -2.18. The molecule has 0 spiro atoms. The molecule has 3 nitrogen and oxygen atoms in total. The predicted molar refractivity (Wildman–Crippen MR) is 96.0 cm³/mol. The van der Waals surface area contributed by atoms with Crippen LogP contribution in [0.5, 0.6) is 0 Å². The Morgan fingerprint density at radius 1 is 0.826 bits per heavy atom. The van der Waals surface area contributed by atoms with E-state index in [0.29, 0.717) is 19.4 Å². The molecule has 0 aliphatic carbocycles. The van der Waals surface area contributed by atoms with Crippen molar-refractivity contribution in [3.63, 3.8) is 0 Å². The lowest BCUT2D eigenvalue weighted by molar-refractivity contribution is 0.219. The van der Waals surface area contributed by atoms with Crippen molar-refractivity contribution >= 4 is 29.1 Å². The van der Waals surface area contributed by atoms with Crippen LogP contribution in [0.2, 0.25) is 0 Å². The van der Waals surface area contributed by atoms with Gasteiger partial charge in [-0.15, -0.1) is 0 Å². The molecule has 0 aliphatic heterocycles. The van der Waals surface area contributed by atoms with Gasteiger partial charge in [0.2, 0.25) is 0 Å². The molecule has 0 heterocycles. The summed E-state index contributed by atoms with van der Waals surface area (Å²) < 4.78 is 23.9. The van der Waals surface area contributed by atoms with Crippen LogP contribution < -0.4 is 0 Å². The Morgan fingerprint density at radius 3 is 2.04 bits per heavy atom. The minimum atomic E-state index is -3.12. The van der Waals surface area contributed by atoms with Gasteiger partial charge in [-0.3, -0.25) is 4.57 Å². The molecule has 0 N–H and O–H groups in total. The summed E-state index contributed by atoms with van der Waals surface area (Å²) in [5, 5.41) is 4.61. The molecule has 3 rings (SSSR count). The first kappa shape index (κ1) is 16.2. The number of benzene rings is 3. The summed E-state index contributed by atoms with van der Waals surface area (Å²) in [6.07, 6.45) is 0.292. The fourth-order valence-electron chi connectivity index (χ4n) is 2.99. The van der Waals surface area contributed by atoms with Gasteiger partial charge in [0, 0.05) is 0 Å². The maximum Gasteiger partial charge on any atom is 0.335 e. The minimum absolute atomic E-state index is 0.292. The van der Waals surface area contributed by atoms with E-state index >= 15 is 0 Å². The fraction of sp³-hybridized carbons (Fsp3) is 0.263. The molecule has 0 aromatic heterocycles. The van der Waals surface area contributed by atoms with Gasteiger partial charge >= 0.3 is 7.60 Å². The predicted octanol–water partition coefficient (Wildman–Crippen LogP) is 5.76. The van der Waals surface area contributed by atoms with Crippen LogP contribution in [0.25, 0.3) is 21.5 Å². The molecule has 23 heavy (non-hydrogen) atoms. The van der Waals surface area contributed by atoms with Gasteiger partial charge in [0.25, 0.3) is 0 Å². The number of rotatable bonds is 6. The molecular weight excluding hydrogens is 307 g/mol. The monoisotopic (exact) mass is 328 g/mol. The highest BCUT2D eigenvalue weighted by molar-refractivity contribution is 7.53. The average molecular weight is 328 g/mol. The first-order chi connectivity index (χ1) is 11.2. The third-order valence-corrected chi connectivity index (χ3v) is 5.90. The van der Waals surface area contributed by atoms with E-state index in [-0.39, 0.29) is 0 Å². The molecule has 3 aromatic rings. The second kappa shape index (κ2) is 6.84. The van der Waals surface area contributed by atoms with E-state index in [4.69, 9.17) is 9.05 Å². The second-order valence-electron chi connectivity index (χ2n) is 5.41. The zero-order valence-electron chi connectivity index (χ0n) is 13.5. The average Bonchev–Trinajstić information content (AvgIpc) is 2.55. The molecule has 120 valence electrons. The van der Waals surface area contributed by atoms with Gasteiger partial charge in [-0.1, -0.05) is 48.5 Å². The molecule has 4 heteroatoms. The van der Waals surface area contributed by atoms with E-state index in [0.717, 1.165) is 16.3 Å². The van der Waals surface area contributed by atoms with Crippen molar-refractivity contribution in [2.75, 3.05) is 13.2 Å². The first-order valence-electron chi connectivity index (χ1n) is 7.94. The smallest absolute Gasteiger partial charge is 0.309 e. The van der Waals surface area contributed by atoms with Crippen LogP contribution in [-0.4, -0.2) is 13.2 Å². The summed E-state index contributed by atoms with van der Waals surface area (Å²) in [6, 6.07) is 18.6. The summed E-state index contributed by atoms with van der Waals surface area (Å²) in [5.41, 5.74) is 1.00. The fourth-order valence-corrected chi connectivity index (χ4v) is 4.72. The maximum absolute atomic E-state index is 12.9. The van der Waals surface area contributed by atoms with Crippen molar-refractivity contribution in [1.29, 1.82) is 0 Å².